The molecular weight excluding hydrogens is 513 g/mol. The second-order valence-electron chi connectivity index (χ2n) is 10.2. The molecule has 186 valence electrons. The van der Waals surface area contributed by atoms with E-state index in [2.05, 4.69) is 150 Å². The van der Waals surface area contributed by atoms with Crippen LogP contribution >= 0.6 is 50.5 Å². The fourth-order valence-electron chi connectivity index (χ4n) is 4.94. The molecule has 0 aromatic heterocycles. The number of benzene rings is 4. The zero-order valence-electron chi connectivity index (χ0n) is 21.1. The Bertz CT molecular complexity index is 1260. The van der Waals surface area contributed by atoms with Gasteiger partial charge in [0, 0.05) is 32.1 Å². The van der Waals surface area contributed by atoms with Gasteiger partial charge >= 0.3 is 0 Å². The summed E-state index contributed by atoms with van der Waals surface area (Å²) in [5, 5.41) is 0. The van der Waals surface area contributed by atoms with E-state index in [9.17, 15) is 0 Å². The van der Waals surface area contributed by atoms with E-state index in [0.717, 1.165) is 22.0 Å². The van der Waals surface area contributed by atoms with Gasteiger partial charge in [0.05, 0.1) is 0 Å². The van der Waals surface area contributed by atoms with Crippen molar-refractivity contribution in [3.63, 3.8) is 0 Å². The minimum absolute atomic E-state index is 0.128. The van der Waals surface area contributed by atoms with Crippen LogP contribution in [-0.4, -0.2) is 0 Å². The molecule has 0 unspecified atom stereocenters. The van der Waals surface area contributed by atoms with Gasteiger partial charge in [0.15, 0.2) is 0 Å². The number of thiol groups is 4. The molecular formula is C32H34S4. The molecule has 0 heterocycles. The molecule has 36 heavy (non-hydrogen) atoms. The van der Waals surface area contributed by atoms with Crippen LogP contribution in [0.5, 0.6) is 0 Å². The maximum Gasteiger partial charge on any atom is 0.0215 e. The van der Waals surface area contributed by atoms with Gasteiger partial charge in [-0.1, -0.05) is 87.5 Å². The number of hydrogen-bond donors (Lipinski definition) is 4. The van der Waals surface area contributed by atoms with Crippen molar-refractivity contribution in [1.82, 2.24) is 0 Å². The van der Waals surface area contributed by atoms with Crippen LogP contribution in [0.1, 0.15) is 59.7 Å². The summed E-state index contributed by atoms with van der Waals surface area (Å²) in [7, 11) is 0. The minimum Gasteiger partial charge on any atom is -0.175 e. The Morgan fingerprint density at radius 3 is 1.47 bits per heavy atom. The lowest BCUT2D eigenvalue weighted by Crippen LogP contribution is -2.28. The molecule has 4 heteroatoms. The first-order chi connectivity index (χ1) is 17.2. The van der Waals surface area contributed by atoms with Gasteiger partial charge in [-0.2, -0.15) is 25.3 Å². The maximum absolute atomic E-state index is 4.70. The Kier molecular flexibility index (Phi) is 8.61. The van der Waals surface area contributed by atoms with Crippen molar-refractivity contribution in [2.45, 2.75) is 59.3 Å². The van der Waals surface area contributed by atoms with Crippen LogP contribution in [0, 0.1) is 0 Å². The zero-order valence-corrected chi connectivity index (χ0v) is 24.6. The molecule has 0 aliphatic carbocycles. The van der Waals surface area contributed by atoms with Crippen LogP contribution in [0.25, 0.3) is 0 Å². The molecule has 0 atom stereocenters. The number of rotatable bonds is 8. The summed E-state index contributed by atoms with van der Waals surface area (Å²) < 4.78 is 0. The lowest BCUT2D eigenvalue weighted by molar-refractivity contribution is 0.562. The average Bonchev–Trinajstić information content (AvgIpc) is 2.89. The van der Waals surface area contributed by atoms with Crippen LogP contribution in [0.2, 0.25) is 0 Å². The standard InChI is InChI=1S/C32H34S4/c1-31(2,25-7-4-22(20-33)5-8-25)28-9-6-23(21-34)24(18-28)19-32(3,26-10-14-29(35)15-11-26)27-12-16-30(36)17-13-27/h4-18,33-36H,19-21H2,1-3H3. The lowest BCUT2D eigenvalue weighted by atomic mass is 9.70. The molecule has 4 aromatic rings. The van der Waals surface area contributed by atoms with Gasteiger partial charge < -0.3 is 0 Å². The van der Waals surface area contributed by atoms with Crippen molar-refractivity contribution in [1.29, 1.82) is 0 Å². The predicted molar refractivity (Wildman–Crippen MR) is 168 cm³/mol. The van der Waals surface area contributed by atoms with E-state index in [4.69, 9.17) is 12.6 Å². The SMILES string of the molecule is CC(C)(c1ccc(CS)cc1)c1ccc(CS)c(CC(C)(c2ccc(S)cc2)c2ccc(S)cc2)c1. The van der Waals surface area contributed by atoms with Gasteiger partial charge in [0.2, 0.25) is 0 Å². The molecule has 0 saturated heterocycles. The first-order valence-corrected chi connectivity index (χ1v) is 14.4. The van der Waals surface area contributed by atoms with Crippen LogP contribution in [0.3, 0.4) is 0 Å². The molecule has 0 amide bonds. The van der Waals surface area contributed by atoms with Crippen molar-refractivity contribution in [3.05, 3.63) is 130 Å². The first-order valence-electron chi connectivity index (χ1n) is 12.2. The highest BCUT2D eigenvalue weighted by Crippen LogP contribution is 2.39. The highest BCUT2D eigenvalue weighted by atomic mass is 32.1. The molecule has 4 rings (SSSR count). The minimum atomic E-state index is -0.225. The maximum atomic E-state index is 4.70. The molecule has 0 aliphatic rings. The topological polar surface area (TPSA) is 0 Å². The van der Waals surface area contributed by atoms with Crippen molar-refractivity contribution in [2.75, 3.05) is 0 Å². The average molecular weight is 547 g/mol. The second-order valence-corrected chi connectivity index (χ2v) is 11.9. The normalized spacial score (nSPS) is 12.1. The molecule has 0 nitrogen and oxygen atoms in total. The van der Waals surface area contributed by atoms with E-state index >= 15 is 0 Å². The monoisotopic (exact) mass is 546 g/mol. The molecule has 0 bridgehead atoms. The fourth-order valence-corrected chi connectivity index (χ4v) is 5.75. The van der Waals surface area contributed by atoms with Crippen LogP contribution in [0.4, 0.5) is 0 Å². The molecule has 0 saturated carbocycles. The highest BCUT2D eigenvalue weighted by Gasteiger charge is 2.31. The summed E-state index contributed by atoms with van der Waals surface area (Å²) in [5.41, 5.74) is 8.62. The molecule has 4 aromatic carbocycles. The van der Waals surface area contributed by atoms with E-state index in [-0.39, 0.29) is 10.8 Å². The Labute approximate surface area is 238 Å². The molecule has 0 aliphatic heterocycles. The quantitative estimate of drug-likeness (QED) is 0.156. The smallest absolute Gasteiger partial charge is 0.0215 e. The van der Waals surface area contributed by atoms with E-state index in [1.165, 1.54) is 38.9 Å². The second kappa shape index (κ2) is 11.3. The molecule has 0 fully saturated rings. The van der Waals surface area contributed by atoms with E-state index < -0.39 is 0 Å². The molecule has 0 radical (unpaired) electrons. The zero-order chi connectivity index (χ0) is 25.9. The van der Waals surface area contributed by atoms with Gasteiger partial charge in [-0.15, -0.1) is 25.3 Å². The van der Waals surface area contributed by atoms with Gasteiger partial charge in [-0.05, 0) is 69.6 Å². The first kappa shape index (κ1) is 27.3. The lowest BCUT2D eigenvalue weighted by Gasteiger charge is -2.33. The summed E-state index contributed by atoms with van der Waals surface area (Å²) in [5.74, 6) is 1.45. The summed E-state index contributed by atoms with van der Waals surface area (Å²) >= 11 is 18.2. The van der Waals surface area contributed by atoms with Crippen molar-refractivity contribution in [2.24, 2.45) is 0 Å². The Morgan fingerprint density at radius 1 is 0.528 bits per heavy atom. The summed E-state index contributed by atoms with van der Waals surface area (Å²) in [6, 6.07) is 32.9. The Hall–Kier alpha value is -1.72. The van der Waals surface area contributed by atoms with E-state index in [1.54, 1.807) is 0 Å². The summed E-state index contributed by atoms with van der Waals surface area (Å²) in [6.45, 7) is 6.95. The third-order valence-electron chi connectivity index (χ3n) is 7.51. The van der Waals surface area contributed by atoms with Crippen molar-refractivity contribution >= 4 is 50.5 Å². The Morgan fingerprint density at radius 2 is 1.00 bits per heavy atom. The fraction of sp³-hybridized carbons (Fsp3) is 0.250. The molecule has 0 N–H and O–H groups in total. The van der Waals surface area contributed by atoms with Crippen molar-refractivity contribution < 1.29 is 0 Å². The van der Waals surface area contributed by atoms with E-state index in [1.807, 2.05) is 0 Å². The van der Waals surface area contributed by atoms with Gasteiger partial charge in [0.1, 0.15) is 0 Å². The Balaban J connectivity index is 1.81. The summed E-state index contributed by atoms with van der Waals surface area (Å²) in [6.07, 6.45) is 0.864. The predicted octanol–water partition coefficient (Wildman–Crippen LogP) is 9.00. The highest BCUT2D eigenvalue weighted by molar-refractivity contribution is 7.80. The summed E-state index contributed by atoms with van der Waals surface area (Å²) in [4.78, 5) is 1.94. The third kappa shape index (κ3) is 5.72. The van der Waals surface area contributed by atoms with Gasteiger partial charge in [-0.25, -0.2) is 0 Å². The van der Waals surface area contributed by atoms with Crippen LogP contribution in [-0.2, 0) is 28.8 Å². The van der Waals surface area contributed by atoms with Crippen molar-refractivity contribution in [3.8, 4) is 0 Å². The third-order valence-corrected chi connectivity index (χ3v) is 8.81. The molecule has 0 spiro atoms. The van der Waals surface area contributed by atoms with Gasteiger partial charge in [-0.3, -0.25) is 0 Å². The largest absolute Gasteiger partial charge is 0.175 e. The van der Waals surface area contributed by atoms with Crippen LogP contribution < -0.4 is 0 Å². The number of hydrogen-bond acceptors (Lipinski definition) is 4. The van der Waals surface area contributed by atoms with Gasteiger partial charge in [0.25, 0.3) is 0 Å². The van der Waals surface area contributed by atoms with Crippen LogP contribution in [0.15, 0.2) is 101 Å². The van der Waals surface area contributed by atoms with E-state index in [0.29, 0.717) is 5.75 Å².